The summed E-state index contributed by atoms with van der Waals surface area (Å²) in [6.45, 7) is 27.5. The fourth-order valence-electron chi connectivity index (χ4n) is 9.86. The maximum absolute atomic E-state index is 7.62. The normalized spacial score (nSPS) is 12.8. The topological polar surface area (TPSA) is 8.17 Å². The van der Waals surface area contributed by atoms with Crippen molar-refractivity contribution >= 4 is 93.6 Å². The summed E-state index contributed by atoms with van der Waals surface area (Å²) in [5.41, 5.74) is 15.6. The molecule has 0 radical (unpaired) electrons. The van der Waals surface area contributed by atoms with Crippen molar-refractivity contribution in [3.63, 3.8) is 0 Å². The van der Waals surface area contributed by atoms with E-state index in [-0.39, 0.29) is 21.7 Å². The minimum atomic E-state index is -0.0636. The van der Waals surface area contributed by atoms with Gasteiger partial charge in [0.05, 0.1) is 32.5 Å². The number of aromatic nitrogens is 1. The van der Waals surface area contributed by atoms with E-state index in [1.807, 2.05) is 17.4 Å². The van der Waals surface area contributed by atoms with Gasteiger partial charge in [0.2, 0.25) is 0 Å². The van der Waals surface area contributed by atoms with Gasteiger partial charge in [-0.15, -0.1) is 11.3 Å². The Labute approximate surface area is 423 Å². The number of hydrogen-bond donors (Lipinski definition) is 0. The predicted molar refractivity (Wildman–Crippen MR) is 304 cm³/mol. The van der Waals surface area contributed by atoms with Crippen molar-refractivity contribution in [1.29, 1.82) is 0 Å². The van der Waals surface area contributed by atoms with Crippen LogP contribution < -0.4 is 4.90 Å². The molecule has 0 unspecified atom stereocenters. The Morgan fingerprint density at radius 1 is 0.420 bits per heavy atom. The molecule has 0 aliphatic heterocycles. The minimum Gasteiger partial charge on any atom is -0.309 e. The molecule has 0 saturated carbocycles. The number of nitrogens with zero attached hydrogens (tertiary/aromatic N) is 2. The third-order valence-electron chi connectivity index (χ3n) is 14.0. The van der Waals surface area contributed by atoms with Gasteiger partial charge in [-0.25, -0.2) is 0 Å². The molecule has 2 nitrogen and oxygen atoms in total. The zero-order valence-electron chi connectivity index (χ0n) is 42.1. The van der Waals surface area contributed by atoms with E-state index in [0.717, 1.165) is 50.5 Å². The quantitative estimate of drug-likeness (QED) is 0.161. The van der Waals surface area contributed by atoms with Gasteiger partial charge in [-0.3, -0.25) is 0 Å². The summed E-state index contributed by atoms with van der Waals surface area (Å²) in [7, 11) is 0. The first kappa shape index (κ1) is 46.9. The van der Waals surface area contributed by atoms with E-state index in [0.29, 0.717) is 10.0 Å². The molecule has 0 saturated heterocycles. The first-order valence-electron chi connectivity index (χ1n) is 24.2. The van der Waals surface area contributed by atoms with E-state index >= 15 is 0 Å². The van der Waals surface area contributed by atoms with Gasteiger partial charge >= 0.3 is 0 Å². The first-order valence-corrected chi connectivity index (χ1v) is 25.8. The number of fused-ring (bicyclic) bond motifs is 6. The summed E-state index contributed by atoms with van der Waals surface area (Å²) in [5.74, 6) is 0. The summed E-state index contributed by atoms with van der Waals surface area (Å²) in [5, 5.41) is 5.98. The van der Waals surface area contributed by atoms with Crippen molar-refractivity contribution in [2.24, 2.45) is 0 Å². The fourth-order valence-corrected chi connectivity index (χ4v) is 11.4. The molecule has 10 aromatic rings. The molecule has 10 rings (SSSR count). The van der Waals surface area contributed by atoms with Crippen molar-refractivity contribution in [1.82, 2.24) is 4.57 Å². The number of halogens is 2. The molecule has 8 aromatic carbocycles. The zero-order chi connectivity index (χ0) is 48.9. The Kier molecular flexibility index (Phi) is 11.5. The van der Waals surface area contributed by atoms with Crippen LogP contribution in [-0.4, -0.2) is 4.57 Å². The Morgan fingerprint density at radius 3 is 1.55 bits per heavy atom. The summed E-state index contributed by atoms with van der Waals surface area (Å²) < 4.78 is 4.95. The molecule has 2 heterocycles. The molecule has 2 aromatic heterocycles. The third-order valence-corrected chi connectivity index (χ3v) is 15.9. The fraction of sp³-hybridized carbons (Fsp3) is 0.250. The highest BCUT2D eigenvalue weighted by atomic mass is 35.5. The SMILES string of the molecule is CC(C)(C)c1cc(-c2ccccc2N(c2ccc(-c3cccc4sc5ccccc5c34)cc2)c2cc(-n3c4ccc(C(C)(C)C)cc4c4cc(C(C)(C)C)ccc43)cc(Cl)c2Cl)cc(C(C)(C)C)c1. The van der Waals surface area contributed by atoms with Crippen LogP contribution in [0, 0.1) is 0 Å². The van der Waals surface area contributed by atoms with Crippen LogP contribution in [0.25, 0.3) is 69.9 Å². The van der Waals surface area contributed by atoms with Gasteiger partial charge in [0, 0.05) is 47.9 Å². The second-order valence-corrected chi connectivity index (χ2v) is 24.9. The van der Waals surface area contributed by atoms with Gasteiger partial charge in [-0.1, -0.05) is 197 Å². The van der Waals surface area contributed by atoms with Crippen LogP contribution in [-0.2, 0) is 21.7 Å². The van der Waals surface area contributed by atoms with Crippen LogP contribution in [0.1, 0.15) is 105 Å². The van der Waals surface area contributed by atoms with Gasteiger partial charge in [0.15, 0.2) is 0 Å². The van der Waals surface area contributed by atoms with Crippen LogP contribution in [0.3, 0.4) is 0 Å². The molecule has 5 heteroatoms. The lowest BCUT2D eigenvalue weighted by atomic mass is 9.78. The van der Waals surface area contributed by atoms with Gasteiger partial charge < -0.3 is 9.47 Å². The van der Waals surface area contributed by atoms with E-state index in [1.165, 1.54) is 58.8 Å². The van der Waals surface area contributed by atoms with E-state index in [4.69, 9.17) is 23.2 Å². The highest BCUT2D eigenvalue weighted by Gasteiger charge is 2.27. The van der Waals surface area contributed by atoms with Gasteiger partial charge in [0.25, 0.3) is 0 Å². The molecule has 0 aliphatic carbocycles. The van der Waals surface area contributed by atoms with Crippen LogP contribution in [0.2, 0.25) is 10.0 Å². The number of thiophene rings is 1. The molecule has 0 fully saturated rings. The van der Waals surface area contributed by atoms with E-state index in [2.05, 4.69) is 244 Å². The van der Waals surface area contributed by atoms with Gasteiger partial charge in [-0.2, -0.15) is 0 Å². The average Bonchev–Trinajstić information content (AvgIpc) is 3.85. The van der Waals surface area contributed by atoms with E-state index in [1.54, 1.807) is 0 Å². The molecule has 0 spiro atoms. The highest BCUT2D eigenvalue weighted by Crippen LogP contribution is 2.49. The number of para-hydroxylation sites is 1. The van der Waals surface area contributed by atoms with Crippen LogP contribution >= 0.6 is 34.5 Å². The lowest BCUT2D eigenvalue weighted by molar-refractivity contribution is 0.569. The molecule has 0 amide bonds. The Morgan fingerprint density at radius 2 is 0.957 bits per heavy atom. The lowest BCUT2D eigenvalue weighted by Gasteiger charge is -2.31. The highest BCUT2D eigenvalue weighted by molar-refractivity contribution is 7.25. The maximum Gasteiger partial charge on any atom is 0.0834 e. The summed E-state index contributed by atoms with van der Waals surface area (Å²) in [6, 6.07) is 58.5. The van der Waals surface area contributed by atoms with E-state index in [9.17, 15) is 0 Å². The summed E-state index contributed by atoms with van der Waals surface area (Å²) in [4.78, 5) is 2.32. The van der Waals surface area contributed by atoms with Crippen molar-refractivity contribution < 1.29 is 0 Å². The predicted octanol–water partition coefficient (Wildman–Crippen LogP) is 20.5. The molecular formula is C64H62Cl2N2S. The standard InChI is InChI=1S/C64H62Cl2N2S/c1-61(2,3)41-26-30-54-50(35-41)51-36-42(62(4,5)6)27-31-55(51)68(54)46-37-52(65)60(66)56(38-46)67(53-21-15-13-18-47(53)40-32-43(63(7,8)9)34-44(33-40)64(10,11)12)45-28-24-39(25-29-45)48-20-17-23-58-59(48)49-19-14-16-22-57(49)69-58/h13-38H,1-12H3. The molecule has 348 valence electrons. The number of benzene rings is 8. The van der Waals surface area contributed by atoms with Crippen LogP contribution in [0.5, 0.6) is 0 Å². The van der Waals surface area contributed by atoms with E-state index < -0.39 is 0 Å². The smallest absolute Gasteiger partial charge is 0.0834 e. The summed E-state index contributed by atoms with van der Waals surface area (Å²) >= 11 is 16.9. The molecule has 0 bridgehead atoms. The maximum atomic E-state index is 7.62. The number of anilines is 3. The minimum absolute atomic E-state index is 0.0193. The van der Waals surface area contributed by atoms with Crippen molar-refractivity contribution in [2.45, 2.75) is 105 Å². The second-order valence-electron chi connectivity index (χ2n) is 23.0. The molecular weight excluding hydrogens is 900 g/mol. The van der Waals surface area contributed by atoms with Crippen LogP contribution in [0.15, 0.2) is 158 Å². The largest absolute Gasteiger partial charge is 0.309 e. The Bertz CT molecular complexity index is 3510. The lowest BCUT2D eigenvalue weighted by Crippen LogP contribution is -2.17. The molecule has 0 aliphatic rings. The van der Waals surface area contributed by atoms with Crippen molar-refractivity contribution in [2.75, 3.05) is 4.90 Å². The molecule has 0 N–H and O–H groups in total. The van der Waals surface area contributed by atoms with Crippen LogP contribution in [0.4, 0.5) is 17.1 Å². The van der Waals surface area contributed by atoms with Gasteiger partial charge in [-0.05, 0) is 127 Å². The molecule has 69 heavy (non-hydrogen) atoms. The van der Waals surface area contributed by atoms with Crippen molar-refractivity contribution in [3.8, 4) is 27.9 Å². The first-order chi connectivity index (χ1) is 32.6. The Hall–Kier alpha value is -5.84. The summed E-state index contributed by atoms with van der Waals surface area (Å²) in [6.07, 6.45) is 0. The second kappa shape index (κ2) is 16.9. The zero-order valence-corrected chi connectivity index (χ0v) is 44.4. The monoisotopic (exact) mass is 960 g/mol. The van der Waals surface area contributed by atoms with Crippen molar-refractivity contribution in [3.05, 3.63) is 190 Å². The third kappa shape index (κ3) is 8.56. The number of hydrogen-bond acceptors (Lipinski definition) is 2. The number of rotatable bonds is 6. The average molecular weight is 962 g/mol. The Balaban J connectivity index is 1.23. The molecule has 0 atom stereocenters. The van der Waals surface area contributed by atoms with Gasteiger partial charge in [0.1, 0.15) is 0 Å².